The van der Waals surface area contributed by atoms with Crippen LogP contribution in [0.25, 0.3) is 12.2 Å². The van der Waals surface area contributed by atoms with Gasteiger partial charge in [-0.2, -0.15) is 0 Å². The first kappa shape index (κ1) is 17.9. The van der Waals surface area contributed by atoms with Crippen LogP contribution in [0.2, 0.25) is 0 Å². The normalized spacial score (nSPS) is 10.5. The standard InChI is InChI=1S/C26H26/c1-3-21-8-10-23(11-9-21)12-13-24-14-16-25(17-15-24)18-19-26-7-5-6-22(4-2)20-26/h3-11,14-17,20H,1-2,12-13,18-19H2. The van der Waals surface area contributed by atoms with Gasteiger partial charge in [-0.3, -0.25) is 0 Å². The summed E-state index contributed by atoms with van der Waals surface area (Å²) in [6, 6.07) is 26.4. The van der Waals surface area contributed by atoms with Crippen molar-refractivity contribution in [3.63, 3.8) is 0 Å². The summed E-state index contributed by atoms with van der Waals surface area (Å²) in [5.74, 6) is 0. The highest BCUT2D eigenvalue weighted by atomic mass is 14.0. The quantitative estimate of drug-likeness (QED) is 0.437. The molecule has 0 aliphatic carbocycles. The summed E-state index contributed by atoms with van der Waals surface area (Å²) in [4.78, 5) is 0. The maximum atomic E-state index is 3.84. The lowest BCUT2D eigenvalue weighted by atomic mass is 9.99. The van der Waals surface area contributed by atoms with Gasteiger partial charge in [-0.25, -0.2) is 0 Å². The second-order valence-corrected chi connectivity index (χ2v) is 6.71. The predicted molar refractivity (Wildman–Crippen MR) is 114 cm³/mol. The lowest BCUT2D eigenvalue weighted by molar-refractivity contribution is 0.939. The average molecular weight is 338 g/mol. The molecule has 0 nitrogen and oxygen atoms in total. The summed E-state index contributed by atoms with van der Waals surface area (Å²) in [5, 5.41) is 0. The van der Waals surface area contributed by atoms with Crippen LogP contribution in [0, 0.1) is 0 Å². The number of aryl methyl sites for hydroxylation is 4. The van der Waals surface area contributed by atoms with E-state index in [0.29, 0.717) is 0 Å². The van der Waals surface area contributed by atoms with Gasteiger partial charge in [0.15, 0.2) is 0 Å². The van der Waals surface area contributed by atoms with Crippen molar-refractivity contribution in [3.05, 3.63) is 119 Å². The summed E-state index contributed by atoms with van der Waals surface area (Å²) in [5.41, 5.74) is 7.91. The van der Waals surface area contributed by atoms with Gasteiger partial charge in [-0.05, 0) is 59.1 Å². The van der Waals surface area contributed by atoms with Gasteiger partial charge in [-0.15, -0.1) is 0 Å². The molecule has 0 aliphatic heterocycles. The van der Waals surface area contributed by atoms with Crippen molar-refractivity contribution >= 4 is 12.2 Å². The summed E-state index contributed by atoms with van der Waals surface area (Å²) < 4.78 is 0. The van der Waals surface area contributed by atoms with E-state index in [4.69, 9.17) is 0 Å². The minimum Gasteiger partial charge on any atom is -0.0985 e. The van der Waals surface area contributed by atoms with Gasteiger partial charge >= 0.3 is 0 Å². The van der Waals surface area contributed by atoms with Crippen LogP contribution in [0.4, 0.5) is 0 Å². The van der Waals surface area contributed by atoms with E-state index in [1.54, 1.807) is 0 Å². The molecule has 0 N–H and O–H groups in total. The van der Waals surface area contributed by atoms with Crippen LogP contribution >= 0.6 is 0 Å². The molecule has 0 spiro atoms. The van der Waals surface area contributed by atoms with Crippen molar-refractivity contribution in [1.29, 1.82) is 0 Å². The van der Waals surface area contributed by atoms with Crippen LogP contribution in [0.5, 0.6) is 0 Å². The summed E-state index contributed by atoms with van der Waals surface area (Å²) in [6.45, 7) is 7.64. The van der Waals surface area contributed by atoms with Crippen LogP contribution in [0.15, 0.2) is 86.0 Å². The largest absolute Gasteiger partial charge is 0.0985 e. The van der Waals surface area contributed by atoms with Crippen molar-refractivity contribution in [2.75, 3.05) is 0 Å². The van der Waals surface area contributed by atoms with Gasteiger partial charge in [0, 0.05) is 0 Å². The zero-order valence-corrected chi connectivity index (χ0v) is 15.3. The minimum atomic E-state index is 1.07. The fourth-order valence-electron chi connectivity index (χ4n) is 3.15. The van der Waals surface area contributed by atoms with Gasteiger partial charge in [-0.1, -0.05) is 98.1 Å². The Morgan fingerprint density at radius 1 is 0.500 bits per heavy atom. The highest BCUT2D eigenvalue weighted by Gasteiger charge is 2.00. The zero-order valence-electron chi connectivity index (χ0n) is 15.3. The van der Waals surface area contributed by atoms with Crippen LogP contribution in [-0.2, 0) is 25.7 Å². The Morgan fingerprint density at radius 2 is 0.962 bits per heavy atom. The van der Waals surface area contributed by atoms with E-state index in [9.17, 15) is 0 Å². The molecule has 0 bridgehead atoms. The van der Waals surface area contributed by atoms with Crippen molar-refractivity contribution in [1.82, 2.24) is 0 Å². The molecule has 0 heteroatoms. The number of hydrogen-bond donors (Lipinski definition) is 0. The Morgan fingerprint density at radius 3 is 1.46 bits per heavy atom. The molecule has 26 heavy (non-hydrogen) atoms. The number of rotatable bonds is 8. The first-order valence-electron chi connectivity index (χ1n) is 9.27. The first-order chi connectivity index (χ1) is 12.8. The van der Waals surface area contributed by atoms with Crippen LogP contribution in [0.1, 0.15) is 33.4 Å². The number of benzene rings is 3. The maximum Gasteiger partial charge on any atom is -0.0238 e. The third-order valence-electron chi connectivity index (χ3n) is 4.83. The molecular weight excluding hydrogens is 312 g/mol. The Hall–Kier alpha value is -2.86. The Labute approximate surface area is 157 Å². The molecule has 3 rings (SSSR count). The lowest BCUT2D eigenvalue weighted by Crippen LogP contribution is -1.94. The molecule has 0 radical (unpaired) electrons. The molecule has 0 saturated heterocycles. The third kappa shape index (κ3) is 5.07. The molecule has 0 heterocycles. The number of hydrogen-bond acceptors (Lipinski definition) is 0. The minimum absolute atomic E-state index is 1.07. The van der Waals surface area contributed by atoms with Crippen LogP contribution in [0.3, 0.4) is 0 Å². The third-order valence-corrected chi connectivity index (χ3v) is 4.83. The molecule has 0 atom stereocenters. The molecule has 0 fully saturated rings. The van der Waals surface area contributed by atoms with E-state index in [0.717, 1.165) is 25.7 Å². The molecule has 0 aromatic heterocycles. The van der Waals surface area contributed by atoms with Gasteiger partial charge in [0.05, 0.1) is 0 Å². The highest BCUT2D eigenvalue weighted by molar-refractivity contribution is 5.48. The average Bonchev–Trinajstić information content (AvgIpc) is 2.72. The zero-order chi connectivity index (χ0) is 18.2. The molecule has 0 unspecified atom stereocenters. The van der Waals surface area contributed by atoms with Gasteiger partial charge in [0.1, 0.15) is 0 Å². The van der Waals surface area contributed by atoms with E-state index < -0.39 is 0 Å². The van der Waals surface area contributed by atoms with Crippen molar-refractivity contribution in [2.24, 2.45) is 0 Å². The van der Waals surface area contributed by atoms with E-state index in [1.165, 1.54) is 33.4 Å². The van der Waals surface area contributed by atoms with Gasteiger partial charge in [0.25, 0.3) is 0 Å². The Bertz CT molecular complexity index is 851. The Balaban J connectivity index is 1.52. The molecule has 0 saturated carbocycles. The second kappa shape index (κ2) is 9.01. The summed E-state index contributed by atoms with van der Waals surface area (Å²) in [7, 11) is 0. The highest BCUT2D eigenvalue weighted by Crippen LogP contribution is 2.14. The van der Waals surface area contributed by atoms with Crippen molar-refractivity contribution < 1.29 is 0 Å². The monoisotopic (exact) mass is 338 g/mol. The SMILES string of the molecule is C=Cc1ccc(CCc2ccc(CCc3cccc(C=C)c3)cc2)cc1. The van der Waals surface area contributed by atoms with E-state index >= 15 is 0 Å². The topological polar surface area (TPSA) is 0 Å². The van der Waals surface area contributed by atoms with Gasteiger partial charge in [0.2, 0.25) is 0 Å². The molecule has 130 valence electrons. The smallest absolute Gasteiger partial charge is 0.0238 e. The lowest BCUT2D eigenvalue weighted by Gasteiger charge is -2.06. The molecule has 3 aromatic rings. The molecular formula is C26H26. The Kier molecular flexibility index (Phi) is 6.22. The fourth-order valence-corrected chi connectivity index (χ4v) is 3.15. The van der Waals surface area contributed by atoms with Gasteiger partial charge < -0.3 is 0 Å². The summed E-state index contributed by atoms with van der Waals surface area (Å²) >= 11 is 0. The van der Waals surface area contributed by atoms with Crippen molar-refractivity contribution in [3.8, 4) is 0 Å². The summed E-state index contributed by atoms with van der Waals surface area (Å²) in [6.07, 6.45) is 8.08. The van der Waals surface area contributed by atoms with E-state index in [2.05, 4.69) is 86.0 Å². The molecule has 0 aliphatic rings. The first-order valence-corrected chi connectivity index (χ1v) is 9.27. The van der Waals surface area contributed by atoms with Crippen molar-refractivity contribution in [2.45, 2.75) is 25.7 Å². The van der Waals surface area contributed by atoms with E-state index in [1.807, 2.05) is 12.2 Å². The molecule has 3 aromatic carbocycles. The predicted octanol–water partition coefficient (Wildman–Crippen LogP) is 6.54. The second-order valence-electron chi connectivity index (χ2n) is 6.71. The molecule has 0 amide bonds. The van der Waals surface area contributed by atoms with Crippen LogP contribution < -0.4 is 0 Å². The fraction of sp³-hybridized carbons (Fsp3) is 0.154. The maximum absolute atomic E-state index is 3.84. The van der Waals surface area contributed by atoms with E-state index in [-0.39, 0.29) is 0 Å². The van der Waals surface area contributed by atoms with Crippen LogP contribution in [-0.4, -0.2) is 0 Å².